The van der Waals surface area contributed by atoms with E-state index in [-0.39, 0.29) is 22.1 Å². The van der Waals surface area contributed by atoms with Crippen LogP contribution in [-0.4, -0.2) is 71.3 Å². The fourth-order valence-electron chi connectivity index (χ4n) is 4.32. The molecule has 0 aromatic heterocycles. The summed E-state index contributed by atoms with van der Waals surface area (Å²) in [5.41, 5.74) is 2.20. The van der Waals surface area contributed by atoms with Crippen molar-refractivity contribution in [3.05, 3.63) is 83.4 Å². The Morgan fingerprint density at radius 2 is 1.52 bits per heavy atom. The summed E-state index contributed by atoms with van der Waals surface area (Å²) in [7, 11) is -7.31. The molecule has 1 atom stereocenters. The van der Waals surface area contributed by atoms with Crippen LogP contribution in [0.15, 0.2) is 76.5 Å². The third-order valence-electron chi connectivity index (χ3n) is 6.77. The van der Waals surface area contributed by atoms with E-state index >= 15 is 0 Å². The van der Waals surface area contributed by atoms with Gasteiger partial charge in [-0.1, -0.05) is 31.0 Å². The van der Waals surface area contributed by atoms with Gasteiger partial charge in [-0.15, -0.1) is 0 Å². The van der Waals surface area contributed by atoms with Gasteiger partial charge < -0.3 is 30.1 Å². The van der Waals surface area contributed by atoms with Gasteiger partial charge in [0.15, 0.2) is 9.84 Å². The van der Waals surface area contributed by atoms with Crippen molar-refractivity contribution in [3.8, 4) is 5.75 Å². The Balaban J connectivity index is 1.23. The number of rotatable bonds is 20. The maximum Gasteiger partial charge on any atom is 0.261 e. The summed E-state index contributed by atoms with van der Waals surface area (Å²) in [5, 5.41) is 32.4. The van der Waals surface area contributed by atoms with Gasteiger partial charge >= 0.3 is 0 Å². The monoisotopic (exact) mass is 650 g/mol. The minimum absolute atomic E-state index is 0.0141. The van der Waals surface area contributed by atoms with E-state index in [0.717, 1.165) is 44.0 Å². The Morgan fingerprint density at radius 1 is 0.818 bits per heavy atom. The number of phenols is 1. The molecule has 242 valence electrons. The molecule has 11 nitrogen and oxygen atoms in total. The Bertz CT molecular complexity index is 1530. The van der Waals surface area contributed by atoms with Crippen LogP contribution in [-0.2, 0) is 42.5 Å². The van der Waals surface area contributed by atoms with E-state index in [4.69, 9.17) is 9.47 Å². The number of aliphatic hydroxyl groups excluding tert-OH is 2. The van der Waals surface area contributed by atoms with E-state index in [1.807, 2.05) is 6.07 Å². The minimum atomic E-state index is -3.89. The SMILES string of the molecule is CS(=O)(=O)c1ccc(S(=O)(=O)Nc2cccc(COCCOCCCCCCNC[C@@H](O)c3ccc(O)c(CO)c3)c2)cc1. The highest BCUT2D eigenvalue weighted by Gasteiger charge is 2.16. The smallest absolute Gasteiger partial charge is 0.261 e. The summed E-state index contributed by atoms with van der Waals surface area (Å²) in [5.74, 6) is 0.0141. The van der Waals surface area contributed by atoms with Gasteiger partial charge in [-0.05, 0) is 79.0 Å². The van der Waals surface area contributed by atoms with E-state index in [0.29, 0.717) is 49.8 Å². The lowest BCUT2D eigenvalue weighted by atomic mass is 10.1. The largest absolute Gasteiger partial charge is 0.508 e. The van der Waals surface area contributed by atoms with Crippen LogP contribution >= 0.6 is 0 Å². The Kier molecular flexibility index (Phi) is 14.1. The van der Waals surface area contributed by atoms with Gasteiger partial charge in [0.05, 0.1) is 42.3 Å². The molecule has 0 amide bonds. The first-order chi connectivity index (χ1) is 21.0. The molecule has 0 saturated carbocycles. The van der Waals surface area contributed by atoms with Crippen LogP contribution in [0.1, 0.15) is 48.5 Å². The number of hydrogen-bond acceptors (Lipinski definition) is 10. The average molecular weight is 651 g/mol. The predicted molar refractivity (Wildman–Crippen MR) is 168 cm³/mol. The molecule has 0 saturated heterocycles. The first-order valence-corrected chi connectivity index (χ1v) is 17.8. The zero-order chi connectivity index (χ0) is 32.0. The number of unbranched alkanes of at least 4 members (excludes halogenated alkanes) is 3. The number of ether oxygens (including phenoxy) is 2. The van der Waals surface area contributed by atoms with Crippen LogP contribution in [0.5, 0.6) is 5.75 Å². The molecule has 13 heteroatoms. The van der Waals surface area contributed by atoms with Crippen molar-refractivity contribution in [2.45, 2.75) is 54.8 Å². The van der Waals surface area contributed by atoms with Crippen molar-refractivity contribution in [2.75, 3.05) is 43.9 Å². The molecule has 0 heterocycles. The lowest BCUT2D eigenvalue weighted by Crippen LogP contribution is -2.22. The van der Waals surface area contributed by atoms with E-state index in [1.165, 1.54) is 30.3 Å². The first-order valence-electron chi connectivity index (χ1n) is 14.4. The number of benzene rings is 3. The van der Waals surface area contributed by atoms with Crippen molar-refractivity contribution < 1.29 is 41.6 Å². The quantitative estimate of drug-likeness (QED) is 0.114. The molecule has 0 aliphatic heterocycles. The number of anilines is 1. The van der Waals surface area contributed by atoms with E-state index < -0.39 is 26.0 Å². The molecule has 0 bridgehead atoms. The Morgan fingerprint density at radius 3 is 2.25 bits per heavy atom. The number of aromatic hydroxyl groups is 1. The van der Waals surface area contributed by atoms with Crippen LogP contribution in [0.25, 0.3) is 0 Å². The van der Waals surface area contributed by atoms with Gasteiger partial charge in [0.1, 0.15) is 5.75 Å². The summed E-state index contributed by atoms with van der Waals surface area (Å²) in [6, 6.07) is 16.6. The van der Waals surface area contributed by atoms with Crippen molar-refractivity contribution in [1.82, 2.24) is 5.32 Å². The van der Waals surface area contributed by atoms with Gasteiger partial charge in [0, 0.05) is 30.7 Å². The van der Waals surface area contributed by atoms with Crippen molar-refractivity contribution in [2.24, 2.45) is 0 Å². The van der Waals surface area contributed by atoms with Crippen LogP contribution in [0.4, 0.5) is 5.69 Å². The fourth-order valence-corrected chi connectivity index (χ4v) is 6.00. The van der Waals surface area contributed by atoms with Crippen LogP contribution in [0, 0.1) is 0 Å². The topological polar surface area (TPSA) is 171 Å². The predicted octanol–water partition coefficient (Wildman–Crippen LogP) is 3.51. The van der Waals surface area contributed by atoms with E-state index in [1.54, 1.807) is 30.3 Å². The number of sulfone groups is 1. The summed E-state index contributed by atoms with van der Waals surface area (Å²) in [4.78, 5) is 0.00470. The molecule has 0 aliphatic rings. The molecule has 0 spiro atoms. The molecule has 44 heavy (non-hydrogen) atoms. The maximum absolute atomic E-state index is 12.7. The average Bonchev–Trinajstić information content (AvgIpc) is 2.99. The highest BCUT2D eigenvalue weighted by molar-refractivity contribution is 7.92. The number of sulfonamides is 1. The van der Waals surface area contributed by atoms with Gasteiger partial charge in [-0.3, -0.25) is 4.72 Å². The Labute approximate surface area is 259 Å². The molecule has 0 unspecified atom stereocenters. The molecular formula is C31H42N2O9S2. The molecule has 0 radical (unpaired) electrons. The molecule has 3 rings (SSSR count). The summed E-state index contributed by atoms with van der Waals surface area (Å²) >= 11 is 0. The maximum atomic E-state index is 12.7. The highest BCUT2D eigenvalue weighted by atomic mass is 32.2. The third-order valence-corrected chi connectivity index (χ3v) is 9.30. The van der Waals surface area contributed by atoms with Crippen molar-refractivity contribution in [1.29, 1.82) is 0 Å². The third kappa shape index (κ3) is 11.8. The van der Waals surface area contributed by atoms with Crippen molar-refractivity contribution in [3.63, 3.8) is 0 Å². The summed E-state index contributed by atoms with van der Waals surface area (Å²) < 4.78 is 62.5. The second-order valence-electron chi connectivity index (χ2n) is 10.4. The molecule has 3 aromatic rings. The van der Waals surface area contributed by atoms with E-state index in [9.17, 15) is 32.2 Å². The zero-order valence-corrected chi connectivity index (χ0v) is 26.4. The summed E-state index contributed by atoms with van der Waals surface area (Å²) in [6.07, 6.45) is 4.30. The fraction of sp³-hybridized carbons (Fsp3) is 0.419. The van der Waals surface area contributed by atoms with Gasteiger partial charge in [0.2, 0.25) is 0 Å². The molecule has 5 N–H and O–H groups in total. The molecule has 3 aromatic carbocycles. The highest BCUT2D eigenvalue weighted by Crippen LogP contribution is 2.22. The molecule has 0 aliphatic carbocycles. The first kappa shape index (κ1) is 35.4. The Hall–Kier alpha value is -3.04. The summed E-state index contributed by atoms with van der Waals surface area (Å²) in [6.45, 7) is 2.65. The van der Waals surface area contributed by atoms with Crippen LogP contribution in [0.2, 0.25) is 0 Å². The molecule has 0 fully saturated rings. The van der Waals surface area contributed by atoms with Crippen LogP contribution in [0.3, 0.4) is 0 Å². The van der Waals surface area contributed by atoms with Gasteiger partial charge in [0.25, 0.3) is 10.0 Å². The minimum Gasteiger partial charge on any atom is -0.508 e. The van der Waals surface area contributed by atoms with Crippen LogP contribution < -0.4 is 10.0 Å². The number of nitrogens with one attached hydrogen (secondary N) is 2. The van der Waals surface area contributed by atoms with Gasteiger partial charge in [-0.2, -0.15) is 0 Å². The standard InChI is InChI=1S/C31H42N2O9S2/c1-43(37,38)28-10-12-29(13-11-28)44(39,40)33-27-8-6-7-24(19-27)23-42-18-17-41-16-5-3-2-4-15-32-21-31(36)25-9-14-30(35)26(20-25)22-34/h6-14,19-20,31-36H,2-5,15-18,21-23H2,1H3/t31-/m1/s1. The zero-order valence-electron chi connectivity index (χ0n) is 24.8. The number of aliphatic hydroxyl groups is 2. The van der Waals surface area contributed by atoms with Gasteiger partial charge in [-0.25, -0.2) is 16.8 Å². The number of hydrogen-bond donors (Lipinski definition) is 5. The second-order valence-corrected chi connectivity index (χ2v) is 14.1. The lowest BCUT2D eigenvalue weighted by Gasteiger charge is -2.14. The van der Waals surface area contributed by atoms with Crippen molar-refractivity contribution >= 4 is 25.5 Å². The lowest BCUT2D eigenvalue weighted by molar-refractivity contribution is 0.0393. The normalized spacial score (nSPS) is 12.7. The van der Waals surface area contributed by atoms with E-state index in [2.05, 4.69) is 10.0 Å². The second kappa shape index (κ2) is 17.4. The molecular weight excluding hydrogens is 608 g/mol.